The SMILES string of the molecule is CCCN=C(NC#N)NC(C)=O. The maximum atomic E-state index is 10.6. The molecule has 0 heterocycles. The Morgan fingerprint density at radius 2 is 2.33 bits per heavy atom. The van der Waals surface area contributed by atoms with Crippen molar-refractivity contribution in [3.63, 3.8) is 0 Å². The second kappa shape index (κ2) is 6.16. The number of carbonyl (C=O) groups excluding carboxylic acids is 1. The van der Waals surface area contributed by atoms with Crippen LogP contribution in [0.3, 0.4) is 0 Å². The third-order valence-electron chi connectivity index (χ3n) is 0.962. The van der Waals surface area contributed by atoms with E-state index in [9.17, 15) is 4.79 Å². The highest BCUT2D eigenvalue weighted by molar-refractivity contribution is 5.96. The predicted molar refractivity (Wildman–Crippen MR) is 45.2 cm³/mol. The molecule has 0 atom stereocenters. The lowest BCUT2D eigenvalue weighted by atomic mass is 10.5. The van der Waals surface area contributed by atoms with Gasteiger partial charge in [-0.2, -0.15) is 5.26 Å². The average molecular weight is 168 g/mol. The molecule has 0 saturated carbocycles. The van der Waals surface area contributed by atoms with Crippen LogP contribution in [0.15, 0.2) is 4.99 Å². The summed E-state index contributed by atoms with van der Waals surface area (Å²) in [5, 5.41) is 12.9. The second-order valence-electron chi connectivity index (χ2n) is 2.15. The highest BCUT2D eigenvalue weighted by atomic mass is 16.1. The van der Waals surface area contributed by atoms with Gasteiger partial charge < -0.3 is 0 Å². The largest absolute Gasteiger partial charge is 0.296 e. The van der Waals surface area contributed by atoms with E-state index in [1.54, 1.807) is 6.19 Å². The molecule has 0 aromatic heterocycles. The Labute approximate surface area is 71.5 Å². The Balaban J connectivity index is 4.04. The molecule has 5 nitrogen and oxygen atoms in total. The molecule has 12 heavy (non-hydrogen) atoms. The molecular formula is C7H12N4O. The third kappa shape index (κ3) is 5.23. The number of amides is 1. The lowest BCUT2D eigenvalue weighted by molar-refractivity contribution is -0.117. The molecule has 2 N–H and O–H groups in total. The first kappa shape index (κ1) is 10.4. The van der Waals surface area contributed by atoms with E-state index >= 15 is 0 Å². The van der Waals surface area contributed by atoms with Gasteiger partial charge >= 0.3 is 0 Å². The monoisotopic (exact) mass is 168 g/mol. The van der Waals surface area contributed by atoms with E-state index in [1.807, 2.05) is 6.92 Å². The topological polar surface area (TPSA) is 77.3 Å². The Hall–Kier alpha value is -1.57. The van der Waals surface area contributed by atoms with Gasteiger partial charge in [0, 0.05) is 13.5 Å². The molecule has 0 spiro atoms. The zero-order valence-corrected chi connectivity index (χ0v) is 7.22. The van der Waals surface area contributed by atoms with E-state index in [0.29, 0.717) is 6.54 Å². The number of nitrogens with zero attached hydrogens (tertiary/aromatic N) is 2. The fourth-order valence-corrected chi connectivity index (χ4v) is 0.554. The van der Waals surface area contributed by atoms with Crippen molar-refractivity contribution in [2.24, 2.45) is 4.99 Å². The minimum atomic E-state index is -0.243. The van der Waals surface area contributed by atoms with Crippen molar-refractivity contribution in [2.45, 2.75) is 20.3 Å². The number of hydrogen-bond acceptors (Lipinski definition) is 3. The second-order valence-corrected chi connectivity index (χ2v) is 2.15. The van der Waals surface area contributed by atoms with Gasteiger partial charge in [0.05, 0.1) is 0 Å². The molecule has 0 rings (SSSR count). The minimum Gasteiger partial charge on any atom is -0.296 e. The normalized spacial score (nSPS) is 10.2. The van der Waals surface area contributed by atoms with E-state index < -0.39 is 0 Å². The van der Waals surface area contributed by atoms with Crippen molar-refractivity contribution in [2.75, 3.05) is 6.54 Å². The fourth-order valence-electron chi connectivity index (χ4n) is 0.554. The molecule has 0 fully saturated rings. The zero-order chi connectivity index (χ0) is 9.40. The number of rotatable bonds is 2. The van der Waals surface area contributed by atoms with E-state index in [4.69, 9.17) is 5.26 Å². The molecule has 0 aliphatic carbocycles. The van der Waals surface area contributed by atoms with Crippen LogP contribution in [0.2, 0.25) is 0 Å². The molecule has 0 aliphatic rings. The highest BCUT2D eigenvalue weighted by Crippen LogP contribution is 1.77. The molecule has 0 aliphatic heterocycles. The first-order valence-corrected chi connectivity index (χ1v) is 3.67. The van der Waals surface area contributed by atoms with Gasteiger partial charge in [-0.1, -0.05) is 6.92 Å². The standard InChI is InChI=1S/C7H12N4O/c1-3-4-9-7(10-5-8)11-6(2)12/h3-4H2,1-2H3,(H2,9,10,11,12). The van der Waals surface area contributed by atoms with Crippen LogP contribution in [0.5, 0.6) is 0 Å². The number of guanidine groups is 1. The molecule has 1 amide bonds. The first-order valence-electron chi connectivity index (χ1n) is 3.67. The smallest absolute Gasteiger partial charge is 0.223 e. The summed E-state index contributed by atoms with van der Waals surface area (Å²) in [6.07, 6.45) is 2.56. The lowest BCUT2D eigenvalue weighted by Gasteiger charge is -2.02. The number of hydrogen-bond donors (Lipinski definition) is 2. The maximum absolute atomic E-state index is 10.6. The zero-order valence-electron chi connectivity index (χ0n) is 7.22. The highest BCUT2D eigenvalue weighted by Gasteiger charge is 1.97. The Kier molecular flexibility index (Phi) is 5.35. The van der Waals surface area contributed by atoms with E-state index in [1.165, 1.54) is 6.92 Å². The molecule has 0 bridgehead atoms. The van der Waals surface area contributed by atoms with Crippen molar-refractivity contribution in [1.29, 1.82) is 5.26 Å². The summed E-state index contributed by atoms with van der Waals surface area (Å²) in [5.74, 6) is -0.0283. The lowest BCUT2D eigenvalue weighted by Crippen LogP contribution is -2.37. The Morgan fingerprint density at radius 1 is 1.67 bits per heavy atom. The van der Waals surface area contributed by atoms with Gasteiger partial charge in [-0.15, -0.1) is 0 Å². The van der Waals surface area contributed by atoms with E-state index in [-0.39, 0.29) is 11.9 Å². The number of nitrogens with one attached hydrogen (secondary N) is 2. The Morgan fingerprint density at radius 3 is 2.75 bits per heavy atom. The van der Waals surface area contributed by atoms with Gasteiger partial charge in [0.25, 0.3) is 0 Å². The molecule has 0 aromatic rings. The molecule has 0 saturated heterocycles. The van der Waals surface area contributed by atoms with Gasteiger partial charge in [0.1, 0.15) is 0 Å². The van der Waals surface area contributed by atoms with Crippen molar-refractivity contribution < 1.29 is 4.79 Å². The van der Waals surface area contributed by atoms with Gasteiger partial charge in [0.15, 0.2) is 6.19 Å². The maximum Gasteiger partial charge on any atom is 0.223 e. The third-order valence-corrected chi connectivity index (χ3v) is 0.962. The van der Waals surface area contributed by atoms with Crippen molar-refractivity contribution in [3.8, 4) is 6.19 Å². The van der Waals surface area contributed by atoms with Crippen LogP contribution >= 0.6 is 0 Å². The van der Waals surface area contributed by atoms with Crippen LogP contribution in [0.1, 0.15) is 20.3 Å². The van der Waals surface area contributed by atoms with Crippen LogP contribution in [0, 0.1) is 11.5 Å². The molecule has 0 radical (unpaired) electrons. The van der Waals surface area contributed by atoms with Crippen LogP contribution in [0.4, 0.5) is 0 Å². The summed E-state index contributed by atoms with van der Waals surface area (Å²) >= 11 is 0. The van der Waals surface area contributed by atoms with Crippen LogP contribution in [0.25, 0.3) is 0 Å². The number of nitriles is 1. The van der Waals surface area contributed by atoms with Gasteiger partial charge in [-0.25, -0.2) is 0 Å². The fraction of sp³-hybridized carbons (Fsp3) is 0.571. The molecule has 66 valence electrons. The predicted octanol–water partition coefficient (Wildman–Crippen LogP) is -0.0408. The average Bonchev–Trinajstić information content (AvgIpc) is 2.00. The van der Waals surface area contributed by atoms with Crippen LogP contribution in [-0.4, -0.2) is 18.4 Å². The summed E-state index contributed by atoms with van der Waals surface area (Å²) < 4.78 is 0. The summed E-state index contributed by atoms with van der Waals surface area (Å²) in [4.78, 5) is 14.5. The first-order chi connectivity index (χ1) is 5.70. The molecule has 5 heteroatoms. The molecular weight excluding hydrogens is 156 g/mol. The van der Waals surface area contributed by atoms with Crippen molar-refractivity contribution in [3.05, 3.63) is 0 Å². The van der Waals surface area contributed by atoms with Gasteiger partial charge in [-0.05, 0) is 6.42 Å². The summed E-state index contributed by atoms with van der Waals surface area (Å²) in [6.45, 7) is 3.91. The quantitative estimate of drug-likeness (QED) is 0.263. The van der Waals surface area contributed by atoms with Crippen molar-refractivity contribution in [1.82, 2.24) is 10.6 Å². The summed E-state index contributed by atoms with van der Waals surface area (Å²) in [5.41, 5.74) is 0. The van der Waals surface area contributed by atoms with E-state index in [0.717, 1.165) is 6.42 Å². The van der Waals surface area contributed by atoms with Gasteiger partial charge in [-0.3, -0.25) is 20.4 Å². The molecule has 0 aromatic carbocycles. The van der Waals surface area contributed by atoms with Crippen LogP contribution < -0.4 is 10.6 Å². The number of carbonyl (C=O) groups is 1. The van der Waals surface area contributed by atoms with Gasteiger partial charge in [0.2, 0.25) is 11.9 Å². The number of aliphatic imine (C=N–C) groups is 1. The van der Waals surface area contributed by atoms with Crippen LogP contribution in [-0.2, 0) is 4.79 Å². The Bertz CT molecular complexity index is 216. The summed E-state index contributed by atoms with van der Waals surface area (Å²) in [6, 6.07) is 0. The van der Waals surface area contributed by atoms with Crippen molar-refractivity contribution >= 4 is 11.9 Å². The molecule has 0 unspecified atom stereocenters. The summed E-state index contributed by atoms with van der Waals surface area (Å²) in [7, 11) is 0. The van der Waals surface area contributed by atoms with E-state index in [2.05, 4.69) is 15.6 Å². The minimum absolute atomic E-state index is 0.215.